The van der Waals surface area contributed by atoms with E-state index in [1.54, 1.807) is 42.5 Å². The van der Waals surface area contributed by atoms with E-state index in [1.165, 1.54) is 10.4 Å². The number of amides is 1. The topological polar surface area (TPSA) is 83.5 Å². The average molecular weight is 415 g/mol. The second-order valence-corrected chi connectivity index (χ2v) is 9.12. The molecule has 0 aliphatic carbocycles. The minimum absolute atomic E-state index is 0.0385. The molecule has 7 heteroatoms. The molecule has 154 valence electrons. The first-order valence-electron chi connectivity index (χ1n) is 9.95. The summed E-state index contributed by atoms with van der Waals surface area (Å²) in [6.07, 6.45) is 3.96. The fourth-order valence-electron chi connectivity index (χ4n) is 3.38. The molecule has 1 aliphatic heterocycles. The van der Waals surface area contributed by atoms with Crippen LogP contribution in [0.15, 0.2) is 59.5 Å². The predicted molar refractivity (Wildman–Crippen MR) is 112 cm³/mol. The summed E-state index contributed by atoms with van der Waals surface area (Å²) in [5.74, 6) is -0.420. The molecule has 0 bridgehead atoms. The van der Waals surface area contributed by atoms with Crippen LogP contribution in [-0.2, 0) is 14.8 Å². The molecule has 1 amide bonds. The Bertz CT molecular complexity index is 950. The molecule has 6 nitrogen and oxygen atoms in total. The van der Waals surface area contributed by atoms with Crippen LogP contribution < -0.4 is 5.32 Å². The highest BCUT2D eigenvalue weighted by molar-refractivity contribution is 7.89. The van der Waals surface area contributed by atoms with E-state index in [0.29, 0.717) is 24.3 Å². The number of ketones is 1. The monoisotopic (exact) mass is 414 g/mol. The third-order valence-corrected chi connectivity index (χ3v) is 6.89. The molecular weight excluding hydrogens is 388 g/mol. The zero-order valence-corrected chi connectivity index (χ0v) is 17.2. The Morgan fingerprint density at radius 2 is 1.55 bits per heavy atom. The van der Waals surface area contributed by atoms with Crippen LogP contribution >= 0.6 is 0 Å². The quantitative estimate of drug-likeness (QED) is 0.698. The number of rotatable bonds is 7. The van der Waals surface area contributed by atoms with Crippen LogP contribution in [0.25, 0.3) is 0 Å². The molecule has 1 fully saturated rings. The van der Waals surface area contributed by atoms with Crippen LogP contribution in [0.5, 0.6) is 0 Å². The average Bonchev–Trinajstić information content (AvgIpc) is 3.03. The number of nitrogens with one attached hydrogen (secondary N) is 1. The van der Waals surface area contributed by atoms with Gasteiger partial charge in [0.05, 0.1) is 4.90 Å². The van der Waals surface area contributed by atoms with Crippen LogP contribution in [0.2, 0.25) is 0 Å². The Labute approximate surface area is 172 Å². The number of sulfonamides is 1. The maximum Gasteiger partial charge on any atom is 0.243 e. The summed E-state index contributed by atoms with van der Waals surface area (Å²) in [6.45, 7) is 1.06. The molecule has 1 saturated heterocycles. The molecule has 0 aromatic heterocycles. The van der Waals surface area contributed by atoms with Gasteiger partial charge in [0.15, 0.2) is 5.78 Å². The smallest absolute Gasteiger partial charge is 0.243 e. The van der Waals surface area contributed by atoms with Gasteiger partial charge in [-0.3, -0.25) is 9.59 Å². The summed E-state index contributed by atoms with van der Waals surface area (Å²) in [4.78, 5) is 24.5. The lowest BCUT2D eigenvalue weighted by Gasteiger charge is -2.20. The van der Waals surface area contributed by atoms with Gasteiger partial charge in [0.25, 0.3) is 0 Å². The van der Waals surface area contributed by atoms with Crippen molar-refractivity contribution >= 4 is 27.4 Å². The van der Waals surface area contributed by atoms with E-state index in [1.807, 2.05) is 6.07 Å². The highest BCUT2D eigenvalue weighted by atomic mass is 32.2. The van der Waals surface area contributed by atoms with Crippen molar-refractivity contribution in [3.05, 3.63) is 60.2 Å². The van der Waals surface area contributed by atoms with Gasteiger partial charge < -0.3 is 5.32 Å². The van der Waals surface area contributed by atoms with Crippen molar-refractivity contribution in [2.45, 2.75) is 43.4 Å². The van der Waals surface area contributed by atoms with E-state index in [-0.39, 0.29) is 29.4 Å². The maximum atomic E-state index is 12.9. The van der Waals surface area contributed by atoms with Crippen LogP contribution in [0.1, 0.15) is 48.9 Å². The predicted octanol–water partition coefficient (Wildman–Crippen LogP) is 3.85. The molecule has 0 spiro atoms. The molecule has 0 unspecified atom stereocenters. The van der Waals surface area contributed by atoms with Gasteiger partial charge in [0, 0.05) is 37.2 Å². The summed E-state index contributed by atoms with van der Waals surface area (Å²) in [6, 6.07) is 15.1. The number of hydrogen-bond donors (Lipinski definition) is 1. The van der Waals surface area contributed by atoms with Gasteiger partial charge >= 0.3 is 0 Å². The summed E-state index contributed by atoms with van der Waals surface area (Å²) in [5, 5.41) is 2.70. The lowest BCUT2D eigenvalue weighted by atomic mass is 10.1. The highest BCUT2D eigenvalue weighted by Gasteiger charge is 2.25. The highest BCUT2D eigenvalue weighted by Crippen LogP contribution is 2.23. The molecule has 3 rings (SSSR count). The molecule has 2 aromatic rings. The van der Waals surface area contributed by atoms with Crippen LogP contribution in [-0.4, -0.2) is 37.5 Å². The second kappa shape index (κ2) is 9.80. The lowest BCUT2D eigenvalue weighted by Crippen LogP contribution is -2.32. The summed E-state index contributed by atoms with van der Waals surface area (Å²) in [7, 11) is -3.58. The van der Waals surface area contributed by atoms with Gasteiger partial charge in [-0.2, -0.15) is 4.31 Å². The second-order valence-electron chi connectivity index (χ2n) is 7.18. The Morgan fingerprint density at radius 1 is 0.862 bits per heavy atom. The van der Waals surface area contributed by atoms with Crippen molar-refractivity contribution in [3.8, 4) is 0 Å². The van der Waals surface area contributed by atoms with Crippen LogP contribution in [0.3, 0.4) is 0 Å². The van der Waals surface area contributed by atoms with Gasteiger partial charge in [-0.1, -0.05) is 49.2 Å². The lowest BCUT2D eigenvalue weighted by molar-refractivity contribution is -0.116. The van der Waals surface area contributed by atoms with Crippen molar-refractivity contribution in [1.29, 1.82) is 0 Å². The number of anilines is 1. The van der Waals surface area contributed by atoms with Crippen LogP contribution in [0.4, 0.5) is 5.69 Å². The SMILES string of the molecule is O=C(CCC(=O)c1ccccc1)Nc1cccc(S(=O)(=O)N2CCCCCC2)c1. The number of carbonyl (C=O) groups is 2. The molecular formula is C22H26N2O4S. The molecule has 0 radical (unpaired) electrons. The fourth-order valence-corrected chi connectivity index (χ4v) is 4.95. The number of Topliss-reactive ketones (excluding diaryl/α,β-unsaturated/α-hetero) is 1. The summed E-state index contributed by atoms with van der Waals surface area (Å²) >= 11 is 0. The minimum Gasteiger partial charge on any atom is -0.326 e. The Hall–Kier alpha value is -2.51. The molecule has 0 atom stereocenters. The van der Waals surface area contributed by atoms with E-state index in [9.17, 15) is 18.0 Å². The van der Waals surface area contributed by atoms with Gasteiger partial charge in [0.2, 0.25) is 15.9 Å². The van der Waals surface area contributed by atoms with Gasteiger partial charge in [0.1, 0.15) is 0 Å². The zero-order valence-electron chi connectivity index (χ0n) is 16.3. The van der Waals surface area contributed by atoms with E-state index >= 15 is 0 Å². The van der Waals surface area contributed by atoms with E-state index in [0.717, 1.165) is 25.7 Å². The van der Waals surface area contributed by atoms with Crippen molar-refractivity contribution in [2.24, 2.45) is 0 Å². The number of hydrogen-bond acceptors (Lipinski definition) is 4. The molecule has 0 saturated carbocycles. The fraction of sp³-hybridized carbons (Fsp3) is 0.364. The van der Waals surface area contributed by atoms with Crippen molar-refractivity contribution in [2.75, 3.05) is 18.4 Å². The number of nitrogens with zero attached hydrogens (tertiary/aromatic N) is 1. The Kier molecular flexibility index (Phi) is 7.17. The van der Waals surface area contributed by atoms with Gasteiger partial charge in [-0.25, -0.2) is 8.42 Å². The molecule has 1 aliphatic rings. The minimum atomic E-state index is -3.58. The normalized spacial score (nSPS) is 15.4. The van der Waals surface area contributed by atoms with Crippen molar-refractivity contribution in [1.82, 2.24) is 4.31 Å². The largest absolute Gasteiger partial charge is 0.326 e. The van der Waals surface area contributed by atoms with Crippen molar-refractivity contribution < 1.29 is 18.0 Å². The summed E-state index contributed by atoms with van der Waals surface area (Å²) < 4.78 is 27.4. The van der Waals surface area contributed by atoms with Crippen LogP contribution in [0, 0.1) is 0 Å². The molecule has 1 heterocycles. The van der Waals surface area contributed by atoms with Gasteiger partial charge in [-0.05, 0) is 31.0 Å². The summed E-state index contributed by atoms with van der Waals surface area (Å²) in [5.41, 5.74) is 0.990. The first-order valence-corrected chi connectivity index (χ1v) is 11.4. The third kappa shape index (κ3) is 5.74. The zero-order chi connectivity index (χ0) is 20.7. The first kappa shape index (κ1) is 21.2. The number of carbonyl (C=O) groups excluding carboxylic acids is 2. The molecule has 1 N–H and O–H groups in total. The Balaban J connectivity index is 1.61. The Morgan fingerprint density at radius 3 is 2.24 bits per heavy atom. The van der Waals surface area contributed by atoms with E-state index in [4.69, 9.17) is 0 Å². The maximum absolute atomic E-state index is 12.9. The van der Waals surface area contributed by atoms with E-state index < -0.39 is 10.0 Å². The first-order chi connectivity index (χ1) is 14.0. The molecule has 2 aromatic carbocycles. The van der Waals surface area contributed by atoms with Crippen molar-refractivity contribution in [3.63, 3.8) is 0 Å². The van der Waals surface area contributed by atoms with E-state index in [2.05, 4.69) is 5.32 Å². The molecule has 29 heavy (non-hydrogen) atoms. The standard InChI is InChI=1S/C22H26N2O4S/c25-21(18-9-4-3-5-10-18)13-14-22(26)23-19-11-8-12-20(17-19)29(27,28)24-15-6-1-2-7-16-24/h3-5,8-12,17H,1-2,6-7,13-16H2,(H,23,26). The third-order valence-electron chi connectivity index (χ3n) is 5.00. The van der Waals surface area contributed by atoms with Gasteiger partial charge in [-0.15, -0.1) is 0 Å². The number of benzene rings is 2.